The van der Waals surface area contributed by atoms with Crippen LogP contribution in [0.2, 0.25) is 0 Å². The molecule has 0 aromatic carbocycles. The van der Waals surface area contributed by atoms with Crippen molar-refractivity contribution in [3.8, 4) is 0 Å². The summed E-state index contributed by atoms with van der Waals surface area (Å²) in [6, 6.07) is 0. The van der Waals surface area contributed by atoms with Gasteiger partial charge in [-0.3, -0.25) is 5.41 Å². The van der Waals surface area contributed by atoms with Crippen molar-refractivity contribution in [1.82, 2.24) is 0 Å². The Morgan fingerprint density at radius 1 is 1.58 bits per heavy atom. The molecule has 0 heterocycles. The first kappa shape index (κ1) is 9.52. The SMILES string of the molecule is CC(OCC1CCCC1)C(=N)N. The lowest BCUT2D eigenvalue weighted by molar-refractivity contribution is 0.0785. The Morgan fingerprint density at radius 3 is 2.67 bits per heavy atom. The fourth-order valence-corrected chi connectivity index (χ4v) is 1.55. The Bertz CT molecular complexity index is 153. The molecule has 1 unspecified atom stereocenters. The van der Waals surface area contributed by atoms with Crippen molar-refractivity contribution >= 4 is 5.84 Å². The van der Waals surface area contributed by atoms with Crippen molar-refractivity contribution in [3.05, 3.63) is 0 Å². The Balaban J connectivity index is 2.11. The standard InChI is InChI=1S/C9H18N2O/c1-7(9(10)11)12-6-8-4-2-3-5-8/h7-8H,2-6H2,1H3,(H3,10,11). The largest absolute Gasteiger partial charge is 0.385 e. The zero-order valence-corrected chi connectivity index (χ0v) is 7.68. The van der Waals surface area contributed by atoms with Gasteiger partial charge in [-0.15, -0.1) is 0 Å². The van der Waals surface area contributed by atoms with Gasteiger partial charge < -0.3 is 10.5 Å². The summed E-state index contributed by atoms with van der Waals surface area (Å²) >= 11 is 0. The highest BCUT2D eigenvalue weighted by molar-refractivity contribution is 5.81. The zero-order chi connectivity index (χ0) is 8.97. The average molecular weight is 170 g/mol. The summed E-state index contributed by atoms with van der Waals surface area (Å²) in [5, 5.41) is 7.13. The van der Waals surface area contributed by atoms with Crippen molar-refractivity contribution < 1.29 is 4.74 Å². The molecule has 0 aromatic heterocycles. The van der Waals surface area contributed by atoms with Crippen LogP contribution < -0.4 is 5.73 Å². The van der Waals surface area contributed by atoms with Crippen molar-refractivity contribution in [1.29, 1.82) is 5.41 Å². The molecule has 0 radical (unpaired) electrons. The minimum Gasteiger partial charge on any atom is -0.385 e. The summed E-state index contributed by atoms with van der Waals surface area (Å²) in [5.41, 5.74) is 5.28. The number of amidine groups is 1. The molecule has 1 rings (SSSR count). The summed E-state index contributed by atoms with van der Waals surface area (Å²) < 4.78 is 5.44. The van der Waals surface area contributed by atoms with Gasteiger partial charge in [-0.1, -0.05) is 12.8 Å². The molecule has 1 atom stereocenters. The van der Waals surface area contributed by atoms with Gasteiger partial charge in [0, 0.05) is 0 Å². The highest BCUT2D eigenvalue weighted by Gasteiger charge is 2.16. The summed E-state index contributed by atoms with van der Waals surface area (Å²) in [4.78, 5) is 0. The Hall–Kier alpha value is -0.570. The summed E-state index contributed by atoms with van der Waals surface area (Å²) in [7, 11) is 0. The highest BCUT2D eigenvalue weighted by atomic mass is 16.5. The van der Waals surface area contributed by atoms with E-state index in [0.29, 0.717) is 5.92 Å². The monoisotopic (exact) mass is 170 g/mol. The van der Waals surface area contributed by atoms with Gasteiger partial charge in [-0.05, 0) is 25.7 Å². The van der Waals surface area contributed by atoms with Crippen LogP contribution in [0.15, 0.2) is 0 Å². The second-order valence-corrected chi connectivity index (χ2v) is 3.58. The van der Waals surface area contributed by atoms with Crippen LogP contribution in [0.5, 0.6) is 0 Å². The molecule has 3 N–H and O–H groups in total. The van der Waals surface area contributed by atoms with E-state index in [0.717, 1.165) is 6.61 Å². The van der Waals surface area contributed by atoms with E-state index in [-0.39, 0.29) is 11.9 Å². The van der Waals surface area contributed by atoms with Crippen LogP contribution in [-0.4, -0.2) is 18.5 Å². The normalized spacial score (nSPS) is 21.1. The third kappa shape index (κ3) is 2.81. The summed E-state index contributed by atoms with van der Waals surface area (Å²) in [6.45, 7) is 2.61. The van der Waals surface area contributed by atoms with Gasteiger partial charge in [0.1, 0.15) is 11.9 Å². The fourth-order valence-electron chi connectivity index (χ4n) is 1.55. The van der Waals surface area contributed by atoms with E-state index >= 15 is 0 Å². The van der Waals surface area contributed by atoms with Gasteiger partial charge in [0.05, 0.1) is 6.61 Å². The molecule has 0 spiro atoms. The van der Waals surface area contributed by atoms with Gasteiger partial charge in [-0.2, -0.15) is 0 Å². The maximum absolute atomic E-state index is 7.13. The zero-order valence-electron chi connectivity index (χ0n) is 7.68. The van der Waals surface area contributed by atoms with Crippen molar-refractivity contribution in [2.45, 2.75) is 38.7 Å². The molecule has 1 fully saturated rings. The first-order valence-corrected chi connectivity index (χ1v) is 4.65. The molecule has 3 heteroatoms. The summed E-state index contributed by atoms with van der Waals surface area (Å²) in [5.74, 6) is 0.847. The van der Waals surface area contributed by atoms with Gasteiger partial charge in [0.25, 0.3) is 0 Å². The number of nitrogens with two attached hydrogens (primary N) is 1. The van der Waals surface area contributed by atoms with Crippen LogP contribution in [-0.2, 0) is 4.74 Å². The smallest absolute Gasteiger partial charge is 0.120 e. The maximum atomic E-state index is 7.13. The topological polar surface area (TPSA) is 59.1 Å². The number of rotatable bonds is 4. The third-order valence-electron chi connectivity index (χ3n) is 2.49. The molecule has 0 aliphatic heterocycles. The Kier molecular flexibility index (Phi) is 3.53. The predicted molar refractivity (Wildman–Crippen MR) is 49.3 cm³/mol. The second-order valence-electron chi connectivity index (χ2n) is 3.58. The molecule has 0 amide bonds. The molecular weight excluding hydrogens is 152 g/mol. The first-order chi connectivity index (χ1) is 5.70. The van der Waals surface area contributed by atoms with Crippen molar-refractivity contribution in [2.75, 3.05) is 6.61 Å². The van der Waals surface area contributed by atoms with Crippen LogP contribution in [0.25, 0.3) is 0 Å². The summed E-state index contributed by atoms with van der Waals surface area (Å²) in [6.07, 6.45) is 5.03. The first-order valence-electron chi connectivity index (χ1n) is 4.65. The van der Waals surface area contributed by atoms with E-state index in [1.807, 2.05) is 6.92 Å². The Labute approximate surface area is 73.8 Å². The third-order valence-corrected chi connectivity index (χ3v) is 2.49. The van der Waals surface area contributed by atoms with Gasteiger partial charge in [0.15, 0.2) is 0 Å². The molecule has 1 saturated carbocycles. The van der Waals surface area contributed by atoms with Crippen molar-refractivity contribution in [3.63, 3.8) is 0 Å². The van der Waals surface area contributed by atoms with Crippen LogP contribution in [0.3, 0.4) is 0 Å². The van der Waals surface area contributed by atoms with Crippen LogP contribution >= 0.6 is 0 Å². The molecule has 12 heavy (non-hydrogen) atoms. The molecule has 3 nitrogen and oxygen atoms in total. The molecule has 0 aromatic rings. The van der Waals surface area contributed by atoms with Crippen LogP contribution in [0.4, 0.5) is 0 Å². The quantitative estimate of drug-likeness (QED) is 0.496. The maximum Gasteiger partial charge on any atom is 0.120 e. The van der Waals surface area contributed by atoms with E-state index < -0.39 is 0 Å². The molecule has 1 aliphatic carbocycles. The van der Waals surface area contributed by atoms with E-state index in [1.165, 1.54) is 25.7 Å². The van der Waals surface area contributed by atoms with Gasteiger partial charge >= 0.3 is 0 Å². The predicted octanol–water partition coefficient (Wildman–Crippen LogP) is 1.52. The average Bonchev–Trinajstić information content (AvgIpc) is 2.51. The minimum absolute atomic E-state index is 0.132. The van der Waals surface area contributed by atoms with Crippen LogP contribution in [0.1, 0.15) is 32.6 Å². The number of hydrogen-bond donors (Lipinski definition) is 2. The number of ether oxygens (including phenoxy) is 1. The van der Waals surface area contributed by atoms with E-state index in [4.69, 9.17) is 15.9 Å². The highest BCUT2D eigenvalue weighted by Crippen LogP contribution is 2.24. The second kappa shape index (κ2) is 4.45. The molecule has 70 valence electrons. The van der Waals surface area contributed by atoms with Gasteiger partial charge in [0.2, 0.25) is 0 Å². The van der Waals surface area contributed by atoms with Gasteiger partial charge in [-0.25, -0.2) is 0 Å². The van der Waals surface area contributed by atoms with E-state index in [1.54, 1.807) is 0 Å². The van der Waals surface area contributed by atoms with E-state index in [2.05, 4.69) is 0 Å². The fraction of sp³-hybridized carbons (Fsp3) is 0.889. The molecule has 1 aliphatic rings. The minimum atomic E-state index is -0.203. The lowest BCUT2D eigenvalue weighted by atomic mass is 10.1. The molecular formula is C9H18N2O. The molecule has 0 saturated heterocycles. The van der Waals surface area contributed by atoms with Crippen LogP contribution in [0, 0.1) is 11.3 Å². The van der Waals surface area contributed by atoms with Crippen molar-refractivity contribution in [2.24, 2.45) is 11.7 Å². The lowest BCUT2D eigenvalue weighted by Crippen LogP contribution is -2.29. The lowest BCUT2D eigenvalue weighted by Gasteiger charge is -2.14. The number of hydrogen-bond acceptors (Lipinski definition) is 2. The number of nitrogens with one attached hydrogen (secondary N) is 1. The Morgan fingerprint density at radius 2 is 2.17 bits per heavy atom. The molecule has 0 bridgehead atoms. The van der Waals surface area contributed by atoms with E-state index in [9.17, 15) is 0 Å².